The summed E-state index contributed by atoms with van der Waals surface area (Å²) in [5.41, 5.74) is 11.0. The van der Waals surface area contributed by atoms with E-state index in [0.29, 0.717) is 11.7 Å². The first-order valence-corrected chi connectivity index (χ1v) is 6.68. The zero-order valence-corrected chi connectivity index (χ0v) is 12.0. The third-order valence-corrected chi connectivity index (χ3v) is 3.44. The van der Waals surface area contributed by atoms with E-state index < -0.39 is 0 Å². The molecule has 1 atom stereocenters. The van der Waals surface area contributed by atoms with Gasteiger partial charge in [-0.15, -0.1) is 0 Å². The Kier molecular flexibility index (Phi) is 4.00. The van der Waals surface area contributed by atoms with Crippen LogP contribution in [0.3, 0.4) is 0 Å². The summed E-state index contributed by atoms with van der Waals surface area (Å²) in [5, 5.41) is 3.99. The molecule has 0 bridgehead atoms. The number of rotatable bonds is 4. The molecule has 0 fully saturated rings. The molecule has 1 aromatic carbocycles. The summed E-state index contributed by atoms with van der Waals surface area (Å²) in [4.78, 5) is 4.37. The molecular weight excluding hydrogens is 238 g/mol. The molecule has 4 nitrogen and oxygen atoms in total. The maximum absolute atomic E-state index is 6.26. The van der Waals surface area contributed by atoms with Gasteiger partial charge in [-0.1, -0.05) is 24.2 Å². The van der Waals surface area contributed by atoms with Crippen LogP contribution < -0.4 is 5.73 Å². The van der Waals surface area contributed by atoms with Crippen LogP contribution in [0.4, 0.5) is 0 Å². The Hall–Kier alpha value is -1.68. The Labute approximate surface area is 114 Å². The number of hydrogen-bond acceptors (Lipinski definition) is 4. The molecule has 0 spiro atoms. The van der Waals surface area contributed by atoms with E-state index in [-0.39, 0.29) is 6.04 Å². The van der Waals surface area contributed by atoms with Gasteiger partial charge in [0.25, 0.3) is 0 Å². The first-order chi connectivity index (χ1) is 9.02. The lowest BCUT2D eigenvalue weighted by molar-refractivity contribution is 0.370. The second-order valence-corrected chi connectivity index (χ2v) is 5.07. The van der Waals surface area contributed by atoms with Gasteiger partial charge in [0.15, 0.2) is 5.82 Å². The predicted molar refractivity (Wildman–Crippen MR) is 75.0 cm³/mol. The molecule has 102 valence electrons. The lowest BCUT2D eigenvalue weighted by atomic mass is 9.96. The number of aryl methyl sites for hydroxylation is 4. The second kappa shape index (κ2) is 5.53. The van der Waals surface area contributed by atoms with Gasteiger partial charge in [0, 0.05) is 6.42 Å². The SMILES string of the molecule is CCCc1nc(C(N)c2cc(C)c(C)cc2C)no1. The molecule has 0 aliphatic rings. The molecule has 0 aliphatic carbocycles. The highest BCUT2D eigenvalue weighted by Gasteiger charge is 2.18. The molecule has 2 aromatic rings. The highest BCUT2D eigenvalue weighted by atomic mass is 16.5. The average molecular weight is 259 g/mol. The number of nitrogens with zero attached hydrogens (tertiary/aromatic N) is 2. The van der Waals surface area contributed by atoms with Crippen molar-refractivity contribution in [2.45, 2.75) is 46.6 Å². The molecule has 0 aliphatic heterocycles. The van der Waals surface area contributed by atoms with E-state index in [1.807, 2.05) is 0 Å². The van der Waals surface area contributed by atoms with E-state index in [4.69, 9.17) is 10.3 Å². The van der Waals surface area contributed by atoms with Gasteiger partial charge in [-0.3, -0.25) is 0 Å². The summed E-state index contributed by atoms with van der Waals surface area (Å²) in [6.07, 6.45) is 1.78. The van der Waals surface area contributed by atoms with E-state index in [2.05, 4.69) is 50.0 Å². The van der Waals surface area contributed by atoms with Crippen molar-refractivity contribution >= 4 is 0 Å². The first-order valence-electron chi connectivity index (χ1n) is 6.68. The molecule has 1 aromatic heterocycles. The van der Waals surface area contributed by atoms with E-state index in [1.165, 1.54) is 11.1 Å². The molecule has 0 saturated carbocycles. The zero-order chi connectivity index (χ0) is 14.0. The van der Waals surface area contributed by atoms with Crippen molar-refractivity contribution in [2.24, 2.45) is 5.73 Å². The van der Waals surface area contributed by atoms with Gasteiger partial charge in [0.1, 0.15) is 0 Å². The van der Waals surface area contributed by atoms with Crippen LogP contribution in [-0.4, -0.2) is 10.1 Å². The molecule has 0 saturated heterocycles. The molecule has 0 radical (unpaired) electrons. The normalized spacial score (nSPS) is 12.7. The summed E-state index contributed by atoms with van der Waals surface area (Å²) in [6, 6.07) is 3.94. The smallest absolute Gasteiger partial charge is 0.226 e. The maximum atomic E-state index is 6.26. The minimum absolute atomic E-state index is 0.325. The van der Waals surface area contributed by atoms with Crippen LogP contribution in [0.15, 0.2) is 16.7 Å². The van der Waals surface area contributed by atoms with Crippen molar-refractivity contribution in [2.75, 3.05) is 0 Å². The summed E-state index contributed by atoms with van der Waals surface area (Å²) in [7, 11) is 0. The number of benzene rings is 1. The van der Waals surface area contributed by atoms with Crippen molar-refractivity contribution in [3.63, 3.8) is 0 Å². The topological polar surface area (TPSA) is 64.9 Å². The van der Waals surface area contributed by atoms with E-state index in [0.717, 1.165) is 24.0 Å². The number of hydrogen-bond donors (Lipinski definition) is 1. The van der Waals surface area contributed by atoms with Crippen LogP contribution in [0, 0.1) is 20.8 Å². The average Bonchev–Trinajstić information content (AvgIpc) is 2.82. The third-order valence-electron chi connectivity index (χ3n) is 3.44. The van der Waals surface area contributed by atoms with Gasteiger partial charge in [0.05, 0.1) is 6.04 Å². The molecular formula is C15H21N3O. The van der Waals surface area contributed by atoms with Crippen molar-refractivity contribution < 1.29 is 4.52 Å². The highest BCUT2D eigenvalue weighted by Crippen LogP contribution is 2.24. The zero-order valence-electron chi connectivity index (χ0n) is 12.0. The maximum Gasteiger partial charge on any atom is 0.226 e. The molecule has 19 heavy (non-hydrogen) atoms. The summed E-state index contributed by atoms with van der Waals surface area (Å²) >= 11 is 0. The fourth-order valence-corrected chi connectivity index (χ4v) is 2.17. The fourth-order valence-electron chi connectivity index (χ4n) is 2.17. The van der Waals surface area contributed by atoms with Gasteiger partial charge in [-0.2, -0.15) is 4.98 Å². The van der Waals surface area contributed by atoms with Crippen molar-refractivity contribution in [1.29, 1.82) is 0 Å². The minimum atomic E-state index is -0.325. The van der Waals surface area contributed by atoms with E-state index in [9.17, 15) is 0 Å². The predicted octanol–water partition coefficient (Wildman–Crippen LogP) is 3.00. The molecule has 0 amide bonds. The van der Waals surface area contributed by atoms with Crippen LogP contribution in [0.5, 0.6) is 0 Å². The molecule has 1 heterocycles. The van der Waals surface area contributed by atoms with Crippen molar-refractivity contribution in [3.8, 4) is 0 Å². The summed E-state index contributed by atoms with van der Waals surface area (Å²) in [5.74, 6) is 1.23. The lowest BCUT2D eigenvalue weighted by Crippen LogP contribution is -2.15. The monoisotopic (exact) mass is 259 g/mol. The van der Waals surface area contributed by atoms with Gasteiger partial charge in [0.2, 0.25) is 5.89 Å². The van der Waals surface area contributed by atoms with Crippen LogP contribution in [0.1, 0.15) is 53.4 Å². The Morgan fingerprint density at radius 3 is 2.53 bits per heavy atom. The largest absolute Gasteiger partial charge is 0.339 e. The fraction of sp³-hybridized carbons (Fsp3) is 0.467. The highest BCUT2D eigenvalue weighted by molar-refractivity contribution is 5.39. The molecule has 4 heteroatoms. The van der Waals surface area contributed by atoms with Crippen LogP contribution in [0.25, 0.3) is 0 Å². The Morgan fingerprint density at radius 2 is 1.84 bits per heavy atom. The molecule has 1 unspecified atom stereocenters. The lowest BCUT2D eigenvalue weighted by Gasteiger charge is -2.13. The number of aromatic nitrogens is 2. The van der Waals surface area contributed by atoms with Gasteiger partial charge < -0.3 is 10.3 Å². The van der Waals surface area contributed by atoms with Gasteiger partial charge in [-0.25, -0.2) is 0 Å². The van der Waals surface area contributed by atoms with E-state index in [1.54, 1.807) is 0 Å². The van der Waals surface area contributed by atoms with E-state index >= 15 is 0 Å². The Balaban J connectivity index is 2.32. The summed E-state index contributed by atoms with van der Waals surface area (Å²) < 4.78 is 5.20. The quantitative estimate of drug-likeness (QED) is 0.916. The minimum Gasteiger partial charge on any atom is -0.339 e. The Bertz CT molecular complexity index is 575. The van der Waals surface area contributed by atoms with Crippen LogP contribution >= 0.6 is 0 Å². The van der Waals surface area contributed by atoms with Crippen LogP contribution in [-0.2, 0) is 6.42 Å². The third kappa shape index (κ3) is 2.84. The van der Waals surface area contributed by atoms with Crippen LogP contribution in [0.2, 0.25) is 0 Å². The summed E-state index contributed by atoms with van der Waals surface area (Å²) in [6.45, 7) is 8.33. The standard InChI is InChI=1S/C15H21N3O/c1-5-6-13-17-15(18-19-13)14(16)12-8-10(3)9(2)7-11(12)4/h7-8,14H,5-6,16H2,1-4H3. The Morgan fingerprint density at radius 1 is 1.16 bits per heavy atom. The number of nitrogens with two attached hydrogens (primary N) is 1. The second-order valence-electron chi connectivity index (χ2n) is 5.07. The van der Waals surface area contributed by atoms with Crippen molar-refractivity contribution in [3.05, 3.63) is 46.1 Å². The van der Waals surface area contributed by atoms with Crippen molar-refractivity contribution in [1.82, 2.24) is 10.1 Å². The van der Waals surface area contributed by atoms with Gasteiger partial charge >= 0.3 is 0 Å². The molecule has 2 rings (SSSR count). The molecule has 2 N–H and O–H groups in total. The van der Waals surface area contributed by atoms with Gasteiger partial charge in [-0.05, 0) is 49.4 Å². The first kappa shape index (κ1) is 13.7.